The molecule has 1 heterocycles. The van der Waals surface area contributed by atoms with E-state index in [0.29, 0.717) is 6.42 Å². The second-order valence-corrected chi connectivity index (χ2v) is 5.28. The summed E-state index contributed by atoms with van der Waals surface area (Å²) in [5, 5.41) is 20.8. The molecule has 1 aromatic carbocycles. The van der Waals surface area contributed by atoms with Crippen LogP contribution < -0.4 is 4.74 Å². The zero-order valence-electron chi connectivity index (χ0n) is 12.0. The summed E-state index contributed by atoms with van der Waals surface area (Å²) in [6, 6.07) is 3.88. The summed E-state index contributed by atoms with van der Waals surface area (Å²) in [7, 11) is 1.36. The highest BCUT2D eigenvalue weighted by Crippen LogP contribution is 2.31. The van der Waals surface area contributed by atoms with Crippen LogP contribution in [-0.4, -0.2) is 46.6 Å². The molecule has 1 amide bonds. The summed E-state index contributed by atoms with van der Waals surface area (Å²) in [6.45, 7) is 2.53. The molecule has 0 unspecified atom stereocenters. The third-order valence-corrected chi connectivity index (χ3v) is 3.60. The molecule has 0 aromatic heterocycles. The van der Waals surface area contributed by atoms with Gasteiger partial charge in [-0.3, -0.25) is 14.9 Å². The van der Waals surface area contributed by atoms with E-state index in [-0.39, 0.29) is 36.0 Å². The van der Waals surface area contributed by atoms with Crippen LogP contribution in [0.4, 0.5) is 5.69 Å². The van der Waals surface area contributed by atoms with Gasteiger partial charge < -0.3 is 14.7 Å². The number of nitro groups is 1. The standard InChI is InChI=1S/C14H18N2O5/c1-3-6-14(18)8-15(9-14)13(17)11-5-4-10(16(19)20)7-12(11)21-2/h4-5,7,18H,3,6,8-9H2,1-2H3. The van der Waals surface area contributed by atoms with Crippen LogP contribution in [0.1, 0.15) is 30.1 Å². The Morgan fingerprint density at radius 3 is 2.71 bits per heavy atom. The molecule has 1 aromatic rings. The minimum atomic E-state index is -0.807. The van der Waals surface area contributed by atoms with E-state index in [1.807, 2.05) is 6.92 Å². The predicted octanol–water partition coefficient (Wildman–Crippen LogP) is 1.59. The lowest BCUT2D eigenvalue weighted by Crippen LogP contribution is -2.63. The number of nitro benzene ring substituents is 1. The SMILES string of the molecule is CCCC1(O)CN(C(=O)c2ccc([N+](=O)[O-])cc2OC)C1. The van der Waals surface area contributed by atoms with Gasteiger partial charge in [-0.1, -0.05) is 13.3 Å². The van der Waals surface area contributed by atoms with Crippen molar-refractivity contribution in [3.63, 3.8) is 0 Å². The molecule has 21 heavy (non-hydrogen) atoms. The zero-order valence-corrected chi connectivity index (χ0v) is 12.0. The minimum absolute atomic E-state index is 0.130. The molecule has 0 spiro atoms. The van der Waals surface area contributed by atoms with E-state index in [9.17, 15) is 20.0 Å². The van der Waals surface area contributed by atoms with Crippen LogP contribution in [-0.2, 0) is 0 Å². The Hall–Kier alpha value is -2.15. The van der Waals surface area contributed by atoms with Crippen molar-refractivity contribution in [2.45, 2.75) is 25.4 Å². The maximum atomic E-state index is 12.3. The first-order valence-corrected chi connectivity index (χ1v) is 6.74. The number of ether oxygens (including phenoxy) is 1. The van der Waals surface area contributed by atoms with Crippen LogP contribution in [0.2, 0.25) is 0 Å². The molecule has 0 saturated carbocycles. The van der Waals surface area contributed by atoms with Crippen molar-refractivity contribution in [2.24, 2.45) is 0 Å². The van der Waals surface area contributed by atoms with E-state index < -0.39 is 10.5 Å². The van der Waals surface area contributed by atoms with E-state index in [0.717, 1.165) is 6.42 Å². The highest BCUT2D eigenvalue weighted by atomic mass is 16.6. The fourth-order valence-corrected chi connectivity index (χ4v) is 2.57. The van der Waals surface area contributed by atoms with E-state index in [4.69, 9.17) is 4.74 Å². The highest BCUT2D eigenvalue weighted by molar-refractivity contribution is 5.98. The van der Waals surface area contributed by atoms with E-state index in [1.165, 1.54) is 30.2 Å². The lowest BCUT2D eigenvalue weighted by molar-refractivity contribution is -0.384. The number of aliphatic hydroxyl groups is 1. The third kappa shape index (κ3) is 2.97. The summed E-state index contributed by atoms with van der Waals surface area (Å²) >= 11 is 0. The maximum absolute atomic E-state index is 12.3. The summed E-state index contributed by atoms with van der Waals surface area (Å²) in [5.74, 6) is -0.123. The lowest BCUT2D eigenvalue weighted by Gasteiger charge is -2.46. The molecule has 7 heteroatoms. The van der Waals surface area contributed by atoms with E-state index in [1.54, 1.807) is 0 Å². The Bertz CT molecular complexity index is 566. The van der Waals surface area contributed by atoms with Crippen molar-refractivity contribution in [1.29, 1.82) is 0 Å². The Morgan fingerprint density at radius 2 is 2.19 bits per heavy atom. The van der Waals surface area contributed by atoms with Crippen LogP contribution in [0.3, 0.4) is 0 Å². The number of carbonyl (C=O) groups is 1. The third-order valence-electron chi connectivity index (χ3n) is 3.60. The van der Waals surface area contributed by atoms with Crippen molar-refractivity contribution in [1.82, 2.24) is 4.90 Å². The summed E-state index contributed by atoms with van der Waals surface area (Å²) in [5.41, 5.74) is -0.672. The number of hydrogen-bond donors (Lipinski definition) is 1. The van der Waals surface area contributed by atoms with Gasteiger partial charge in [0, 0.05) is 6.07 Å². The predicted molar refractivity (Wildman–Crippen MR) is 75.4 cm³/mol. The normalized spacial score (nSPS) is 16.2. The number of nitrogens with zero attached hydrogens (tertiary/aromatic N) is 2. The molecule has 1 aliphatic rings. The quantitative estimate of drug-likeness (QED) is 0.657. The largest absolute Gasteiger partial charge is 0.496 e. The topological polar surface area (TPSA) is 92.9 Å². The number of hydrogen-bond acceptors (Lipinski definition) is 5. The fourth-order valence-electron chi connectivity index (χ4n) is 2.57. The Morgan fingerprint density at radius 1 is 1.52 bits per heavy atom. The second kappa shape index (κ2) is 5.69. The van der Waals surface area contributed by atoms with Gasteiger partial charge >= 0.3 is 0 Å². The highest BCUT2D eigenvalue weighted by Gasteiger charge is 2.43. The van der Waals surface area contributed by atoms with Gasteiger partial charge in [-0.2, -0.15) is 0 Å². The first-order valence-electron chi connectivity index (χ1n) is 6.74. The van der Waals surface area contributed by atoms with Gasteiger partial charge in [-0.15, -0.1) is 0 Å². The average Bonchev–Trinajstić information content (AvgIpc) is 2.43. The fraction of sp³-hybridized carbons (Fsp3) is 0.500. The first kappa shape index (κ1) is 15.2. The van der Waals surface area contributed by atoms with E-state index in [2.05, 4.69) is 0 Å². The Balaban J connectivity index is 2.16. The minimum Gasteiger partial charge on any atom is -0.496 e. The molecule has 1 fully saturated rings. The smallest absolute Gasteiger partial charge is 0.273 e. The number of β-amino-alcohol motifs (C(OH)–C–C–N with tert-alkyl or cyclic N) is 1. The second-order valence-electron chi connectivity index (χ2n) is 5.28. The first-order chi connectivity index (χ1) is 9.90. The zero-order chi connectivity index (χ0) is 15.6. The van der Waals surface area contributed by atoms with Crippen LogP contribution in [0.25, 0.3) is 0 Å². The Labute approximate surface area is 122 Å². The average molecular weight is 294 g/mol. The summed E-state index contributed by atoms with van der Waals surface area (Å²) in [6.07, 6.45) is 1.49. The molecule has 0 atom stereocenters. The van der Waals surface area contributed by atoms with Gasteiger partial charge in [-0.25, -0.2) is 0 Å². The molecule has 1 aliphatic heterocycles. The summed E-state index contributed by atoms with van der Waals surface area (Å²) in [4.78, 5) is 24.0. The molecule has 1 N–H and O–H groups in total. The van der Waals surface area contributed by atoms with Gasteiger partial charge in [0.1, 0.15) is 5.75 Å². The van der Waals surface area contributed by atoms with Crippen LogP contribution in [0, 0.1) is 10.1 Å². The number of non-ortho nitro benzene ring substituents is 1. The molecule has 2 rings (SSSR count). The molecule has 1 saturated heterocycles. The summed E-state index contributed by atoms with van der Waals surface area (Å²) < 4.78 is 5.06. The van der Waals surface area contributed by atoms with Crippen LogP contribution in [0.5, 0.6) is 5.75 Å². The van der Waals surface area contributed by atoms with Crippen molar-refractivity contribution in [3.8, 4) is 5.75 Å². The molecule has 114 valence electrons. The van der Waals surface area contributed by atoms with Gasteiger partial charge in [0.2, 0.25) is 0 Å². The maximum Gasteiger partial charge on any atom is 0.273 e. The number of likely N-dealkylation sites (tertiary alicyclic amines) is 1. The molecular formula is C14H18N2O5. The number of rotatable bonds is 5. The number of carbonyl (C=O) groups excluding carboxylic acids is 1. The van der Waals surface area contributed by atoms with Gasteiger partial charge in [-0.05, 0) is 12.5 Å². The van der Waals surface area contributed by atoms with Gasteiger partial charge in [0.25, 0.3) is 11.6 Å². The number of methoxy groups -OCH3 is 1. The van der Waals surface area contributed by atoms with Crippen LogP contribution in [0.15, 0.2) is 18.2 Å². The molecule has 0 aliphatic carbocycles. The molecule has 0 radical (unpaired) electrons. The number of benzene rings is 1. The number of amides is 1. The van der Waals surface area contributed by atoms with Crippen molar-refractivity contribution in [2.75, 3.05) is 20.2 Å². The monoisotopic (exact) mass is 294 g/mol. The molecular weight excluding hydrogens is 276 g/mol. The molecule has 7 nitrogen and oxygen atoms in total. The van der Waals surface area contributed by atoms with Crippen molar-refractivity contribution < 1.29 is 19.6 Å². The van der Waals surface area contributed by atoms with Gasteiger partial charge in [0.05, 0.1) is 42.4 Å². The van der Waals surface area contributed by atoms with Crippen molar-refractivity contribution >= 4 is 11.6 Å². The van der Waals surface area contributed by atoms with Crippen LogP contribution >= 0.6 is 0 Å². The lowest BCUT2D eigenvalue weighted by atomic mass is 9.88. The molecule has 0 bridgehead atoms. The van der Waals surface area contributed by atoms with Crippen molar-refractivity contribution in [3.05, 3.63) is 33.9 Å². The Kier molecular flexibility index (Phi) is 4.13. The van der Waals surface area contributed by atoms with E-state index >= 15 is 0 Å². The van der Waals surface area contributed by atoms with Gasteiger partial charge in [0.15, 0.2) is 0 Å².